The first kappa shape index (κ1) is 15.7. The molecular weight excluding hydrogens is 308 g/mol. The number of non-ortho nitro benzene ring substituents is 1. The molecule has 0 aliphatic carbocycles. The fourth-order valence-corrected chi connectivity index (χ4v) is 1.94. The van der Waals surface area contributed by atoms with Crippen molar-refractivity contribution >= 4 is 35.0 Å². The van der Waals surface area contributed by atoms with Crippen LogP contribution in [0.5, 0.6) is 0 Å². The van der Waals surface area contributed by atoms with Crippen LogP contribution in [0.15, 0.2) is 54.6 Å². The Morgan fingerprint density at radius 3 is 2.64 bits per heavy atom. The lowest BCUT2D eigenvalue weighted by molar-refractivity contribution is -0.384. The first-order valence-electron chi connectivity index (χ1n) is 6.19. The van der Waals surface area contributed by atoms with Crippen LogP contribution in [0.3, 0.4) is 0 Å². The third-order valence-electron chi connectivity index (χ3n) is 2.79. The second kappa shape index (κ2) is 6.84. The molecule has 0 aliphatic heterocycles. The molecule has 2 rings (SSSR count). The monoisotopic (exact) mass is 318 g/mol. The van der Waals surface area contributed by atoms with E-state index in [1.165, 1.54) is 36.4 Å². The molecule has 0 spiro atoms. The van der Waals surface area contributed by atoms with Gasteiger partial charge in [0.05, 0.1) is 15.6 Å². The summed E-state index contributed by atoms with van der Waals surface area (Å²) in [6.07, 6.45) is 2.47. The first-order chi connectivity index (χ1) is 10.5. The number of benzene rings is 2. The summed E-state index contributed by atoms with van der Waals surface area (Å²) in [7, 11) is 0. The Morgan fingerprint density at radius 1 is 1.23 bits per heavy atom. The van der Waals surface area contributed by atoms with E-state index in [4.69, 9.17) is 11.6 Å². The van der Waals surface area contributed by atoms with Gasteiger partial charge in [-0.15, -0.1) is 0 Å². The summed E-state index contributed by atoms with van der Waals surface area (Å²) in [5.74, 6) is -0.723. The summed E-state index contributed by atoms with van der Waals surface area (Å²) >= 11 is 5.88. The number of para-hydroxylation sites is 1. The zero-order chi connectivity index (χ0) is 16.1. The third-order valence-corrected chi connectivity index (χ3v) is 3.11. The minimum Gasteiger partial charge on any atom is -0.281 e. The van der Waals surface area contributed by atoms with Crippen LogP contribution >= 0.6 is 11.6 Å². The molecule has 6 nitrogen and oxygen atoms in total. The van der Waals surface area contributed by atoms with E-state index in [-0.39, 0.29) is 16.4 Å². The fraction of sp³-hybridized carbons (Fsp3) is 0. The molecule has 2 aromatic carbocycles. The highest BCUT2D eigenvalue weighted by atomic mass is 35.5. The Morgan fingerprint density at radius 2 is 1.95 bits per heavy atom. The molecular formula is C15H11ClN2O4. The van der Waals surface area contributed by atoms with Gasteiger partial charge in [-0.2, -0.15) is 5.06 Å². The summed E-state index contributed by atoms with van der Waals surface area (Å²) in [6, 6.07) is 12.1. The molecule has 0 aromatic heterocycles. The predicted octanol–water partition coefficient (Wildman–Crippen LogP) is 3.68. The number of amides is 1. The maximum Gasteiger partial charge on any atom is 0.274 e. The number of rotatable bonds is 4. The topological polar surface area (TPSA) is 83.7 Å². The van der Waals surface area contributed by atoms with Crippen LogP contribution in [-0.4, -0.2) is 16.0 Å². The number of nitro groups is 1. The molecule has 1 amide bonds. The van der Waals surface area contributed by atoms with E-state index in [1.807, 2.05) is 0 Å². The van der Waals surface area contributed by atoms with E-state index < -0.39 is 10.8 Å². The van der Waals surface area contributed by atoms with Gasteiger partial charge < -0.3 is 0 Å². The number of hydrogen-bond donors (Lipinski definition) is 1. The van der Waals surface area contributed by atoms with Gasteiger partial charge in [-0.05, 0) is 23.8 Å². The van der Waals surface area contributed by atoms with Gasteiger partial charge in [0.1, 0.15) is 0 Å². The summed E-state index contributed by atoms with van der Waals surface area (Å²) < 4.78 is 0. The van der Waals surface area contributed by atoms with Crippen LogP contribution in [0.4, 0.5) is 11.4 Å². The molecule has 0 radical (unpaired) electrons. The van der Waals surface area contributed by atoms with Crippen molar-refractivity contribution in [1.82, 2.24) is 0 Å². The van der Waals surface area contributed by atoms with E-state index in [9.17, 15) is 20.1 Å². The van der Waals surface area contributed by atoms with Gasteiger partial charge in [0.2, 0.25) is 0 Å². The highest BCUT2D eigenvalue weighted by molar-refractivity contribution is 6.33. The van der Waals surface area contributed by atoms with Crippen molar-refractivity contribution in [3.63, 3.8) is 0 Å². The standard InChI is InChI=1S/C15H11ClN2O4/c16-13-6-1-2-7-14(13)17(20)15(19)9-8-11-4-3-5-12(10-11)18(21)22/h1-10,20H/b9-8+. The number of carbonyl (C=O) groups excluding carboxylic acids is 1. The van der Waals surface area contributed by atoms with Gasteiger partial charge in [-0.3, -0.25) is 20.1 Å². The number of hydroxylamine groups is 1. The third kappa shape index (κ3) is 3.69. The van der Waals surface area contributed by atoms with E-state index in [0.29, 0.717) is 10.6 Å². The smallest absolute Gasteiger partial charge is 0.274 e. The van der Waals surface area contributed by atoms with E-state index >= 15 is 0 Å². The van der Waals surface area contributed by atoms with E-state index in [1.54, 1.807) is 18.2 Å². The Kier molecular flexibility index (Phi) is 4.88. The van der Waals surface area contributed by atoms with Crippen molar-refractivity contribution in [2.45, 2.75) is 0 Å². The minimum atomic E-state index is -0.723. The summed E-state index contributed by atoms with van der Waals surface area (Å²) in [4.78, 5) is 22.0. The van der Waals surface area contributed by atoms with Crippen LogP contribution in [0.2, 0.25) is 5.02 Å². The Bertz CT molecular complexity index is 746. The van der Waals surface area contributed by atoms with Crippen molar-refractivity contribution in [1.29, 1.82) is 0 Å². The first-order valence-corrected chi connectivity index (χ1v) is 6.57. The molecule has 112 valence electrons. The van der Waals surface area contributed by atoms with E-state index in [2.05, 4.69) is 0 Å². The zero-order valence-electron chi connectivity index (χ0n) is 11.2. The molecule has 0 heterocycles. The normalized spacial score (nSPS) is 10.6. The number of nitrogens with zero attached hydrogens (tertiary/aromatic N) is 2. The van der Waals surface area contributed by atoms with Gasteiger partial charge in [-0.1, -0.05) is 35.9 Å². The van der Waals surface area contributed by atoms with E-state index in [0.717, 1.165) is 6.08 Å². The number of carbonyl (C=O) groups is 1. The molecule has 0 fully saturated rings. The largest absolute Gasteiger partial charge is 0.281 e. The molecule has 2 aromatic rings. The van der Waals surface area contributed by atoms with Gasteiger partial charge in [0.25, 0.3) is 11.6 Å². The summed E-state index contributed by atoms with van der Waals surface area (Å²) in [6.45, 7) is 0. The lowest BCUT2D eigenvalue weighted by Crippen LogP contribution is -2.25. The molecule has 0 atom stereocenters. The van der Waals surface area contributed by atoms with Gasteiger partial charge >= 0.3 is 0 Å². The van der Waals surface area contributed by atoms with Gasteiger partial charge in [0, 0.05) is 18.2 Å². The predicted molar refractivity (Wildman–Crippen MR) is 82.9 cm³/mol. The Balaban J connectivity index is 2.16. The highest BCUT2D eigenvalue weighted by Crippen LogP contribution is 2.24. The quantitative estimate of drug-likeness (QED) is 0.403. The molecule has 1 N–H and O–H groups in total. The molecule has 0 unspecified atom stereocenters. The average Bonchev–Trinajstić information content (AvgIpc) is 2.52. The van der Waals surface area contributed by atoms with Crippen molar-refractivity contribution in [2.75, 3.05) is 5.06 Å². The lowest BCUT2D eigenvalue weighted by Gasteiger charge is -2.13. The number of hydrogen-bond acceptors (Lipinski definition) is 4. The number of anilines is 1. The van der Waals surface area contributed by atoms with Crippen molar-refractivity contribution in [3.05, 3.63) is 75.3 Å². The van der Waals surface area contributed by atoms with Crippen LogP contribution in [0.25, 0.3) is 6.08 Å². The average molecular weight is 319 g/mol. The molecule has 22 heavy (non-hydrogen) atoms. The van der Waals surface area contributed by atoms with Crippen LogP contribution < -0.4 is 5.06 Å². The maximum absolute atomic E-state index is 11.9. The summed E-state index contributed by atoms with van der Waals surface area (Å²) in [5.41, 5.74) is 0.537. The zero-order valence-corrected chi connectivity index (χ0v) is 12.0. The molecule has 0 aliphatic rings. The fourth-order valence-electron chi connectivity index (χ4n) is 1.72. The Labute approximate surface area is 131 Å². The Hall–Kier alpha value is -2.70. The van der Waals surface area contributed by atoms with Crippen LogP contribution in [0, 0.1) is 10.1 Å². The molecule has 0 saturated heterocycles. The SMILES string of the molecule is O=C(/C=C/c1cccc([N+](=O)[O-])c1)N(O)c1ccccc1Cl. The molecule has 0 bridgehead atoms. The number of nitro benzene ring substituents is 1. The molecule has 7 heteroatoms. The van der Waals surface area contributed by atoms with Crippen LogP contribution in [0.1, 0.15) is 5.56 Å². The highest BCUT2D eigenvalue weighted by Gasteiger charge is 2.13. The van der Waals surface area contributed by atoms with Gasteiger partial charge in [-0.25, -0.2) is 0 Å². The minimum absolute atomic E-state index is 0.0819. The van der Waals surface area contributed by atoms with Crippen molar-refractivity contribution in [3.8, 4) is 0 Å². The summed E-state index contributed by atoms with van der Waals surface area (Å²) in [5, 5.41) is 21.1. The maximum atomic E-state index is 11.9. The lowest BCUT2D eigenvalue weighted by atomic mass is 10.2. The number of halogens is 1. The van der Waals surface area contributed by atoms with Crippen molar-refractivity contribution < 1.29 is 14.9 Å². The second-order valence-corrected chi connectivity index (χ2v) is 4.69. The second-order valence-electron chi connectivity index (χ2n) is 4.29. The van der Waals surface area contributed by atoms with Crippen molar-refractivity contribution in [2.24, 2.45) is 0 Å². The molecule has 0 saturated carbocycles. The van der Waals surface area contributed by atoms with Gasteiger partial charge in [0.15, 0.2) is 0 Å². The van der Waals surface area contributed by atoms with Crippen LogP contribution in [-0.2, 0) is 4.79 Å².